The molecule has 1 aromatic carbocycles. The third-order valence-electron chi connectivity index (χ3n) is 6.70. The second-order valence-electron chi connectivity index (χ2n) is 9.25. The SMILES string of the molecule is Cc1nc([C@@H]2CCCN(C(=O)[C@@H]3C[C@H]3C)C2)nc(C)c1CC(=O)NCc1ccc(F)cc1. The van der Waals surface area contributed by atoms with Crippen molar-refractivity contribution < 1.29 is 14.0 Å². The molecular weight excluding hydrogens is 407 g/mol. The molecule has 0 spiro atoms. The van der Waals surface area contributed by atoms with Gasteiger partial charge in [0.1, 0.15) is 11.6 Å². The first-order valence-electron chi connectivity index (χ1n) is 11.5. The smallest absolute Gasteiger partial charge is 0.225 e. The Hall–Kier alpha value is -2.83. The van der Waals surface area contributed by atoms with Crippen molar-refractivity contribution in [1.29, 1.82) is 0 Å². The molecule has 170 valence electrons. The zero-order chi connectivity index (χ0) is 22.8. The highest BCUT2D eigenvalue weighted by molar-refractivity contribution is 5.81. The van der Waals surface area contributed by atoms with E-state index in [9.17, 15) is 14.0 Å². The van der Waals surface area contributed by atoms with Crippen molar-refractivity contribution in [2.75, 3.05) is 13.1 Å². The average Bonchev–Trinajstić information content (AvgIpc) is 3.51. The summed E-state index contributed by atoms with van der Waals surface area (Å²) in [6.45, 7) is 7.81. The van der Waals surface area contributed by atoms with E-state index in [1.165, 1.54) is 12.1 Å². The van der Waals surface area contributed by atoms with Crippen molar-refractivity contribution >= 4 is 11.8 Å². The van der Waals surface area contributed by atoms with E-state index in [1.54, 1.807) is 12.1 Å². The molecular formula is C25H31FN4O2. The lowest BCUT2D eigenvalue weighted by molar-refractivity contribution is -0.134. The third-order valence-corrected chi connectivity index (χ3v) is 6.70. The summed E-state index contributed by atoms with van der Waals surface area (Å²) in [6.07, 6.45) is 3.15. The Balaban J connectivity index is 1.38. The van der Waals surface area contributed by atoms with Gasteiger partial charge in [0, 0.05) is 48.4 Å². The van der Waals surface area contributed by atoms with Crippen LogP contribution < -0.4 is 5.32 Å². The van der Waals surface area contributed by atoms with Crippen molar-refractivity contribution in [2.45, 2.75) is 58.9 Å². The van der Waals surface area contributed by atoms with Crippen LogP contribution in [-0.2, 0) is 22.6 Å². The largest absolute Gasteiger partial charge is 0.352 e. The Labute approximate surface area is 188 Å². The van der Waals surface area contributed by atoms with Crippen LogP contribution in [0.1, 0.15) is 60.4 Å². The number of rotatable bonds is 6. The van der Waals surface area contributed by atoms with Crippen LogP contribution in [0.4, 0.5) is 4.39 Å². The van der Waals surface area contributed by atoms with Gasteiger partial charge in [-0.05, 0) is 56.7 Å². The van der Waals surface area contributed by atoms with E-state index in [-0.39, 0.29) is 35.9 Å². The Morgan fingerprint density at radius 1 is 1.16 bits per heavy atom. The van der Waals surface area contributed by atoms with E-state index < -0.39 is 0 Å². The normalized spacial score (nSPS) is 22.5. The van der Waals surface area contributed by atoms with E-state index in [4.69, 9.17) is 9.97 Å². The Morgan fingerprint density at radius 3 is 2.44 bits per heavy atom. The molecule has 32 heavy (non-hydrogen) atoms. The molecule has 1 aliphatic heterocycles. The molecule has 2 heterocycles. The van der Waals surface area contributed by atoms with Gasteiger partial charge in [0.15, 0.2) is 0 Å². The minimum Gasteiger partial charge on any atom is -0.352 e. The lowest BCUT2D eigenvalue weighted by atomic mass is 9.96. The third kappa shape index (κ3) is 5.14. The van der Waals surface area contributed by atoms with Gasteiger partial charge in [-0.15, -0.1) is 0 Å². The van der Waals surface area contributed by atoms with Crippen LogP contribution in [0.15, 0.2) is 24.3 Å². The number of aromatic nitrogens is 2. The Bertz CT molecular complexity index is 984. The number of likely N-dealkylation sites (tertiary alicyclic amines) is 1. The summed E-state index contributed by atoms with van der Waals surface area (Å²) in [6, 6.07) is 6.08. The number of nitrogens with one attached hydrogen (secondary N) is 1. The first-order chi connectivity index (χ1) is 15.3. The van der Waals surface area contributed by atoms with Gasteiger partial charge in [-0.1, -0.05) is 19.1 Å². The van der Waals surface area contributed by atoms with Crippen molar-refractivity contribution in [3.8, 4) is 0 Å². The molecule has 2 amide bonds. The number of carbonyl (C=O) groups is 2. The van der Waals surface area contributed by atoms with Gasteiger partial charge >= 0.3 is 0 Å². The average molecular weight is 439 g/mol. The number of piperidine rings is 1. The molecule has 1 aromatic heterocycles. The number of hydrogen-bond acceptors (Lipinski definition) is 4. The van der Waals surface area contributed by atoms with Gasteiger partial charge in [0.2, 0.25) is 11.8 Å². The second kappa shape index (κ2) is 9.35. The predicted octanol–water partition coefficient (Wildman–Crippen LogP) is 3.45. The first-order valence-corrected chi connectivity index (χ1v) is 11.5. The number of benzene rings is 1. The highest BCUT2D eigenvalue weighted by atomic mass is 19.1. The van der Waals surface area contributed by atoms with Gasteiger partial charge in [0.05, 0.1) is 6.42 Å². The Morgan fingerprint density at radius 2 is 1.81 bits per heavy atom. The molecule has 4 rings (SSSR count). The number of halogens is 1. The first kappa shape index (κ1) is 22.4. The highest BCUT2D eigenvalue weighted by Gasteiger charge is 2.42. The summed E-state index contributed by atoms with van der Waals surface area (Å²) in [5.74, 6) is 1.49. The van der Waals surface area contributed by atoms with Crippen molar-refractivity contribution in [2.24, 2.45) is 11.8 Å². The van der Waals surface area contributed by atoms with Gasteiger partial charge in [-0.2, -0.15) is 0 Å². The predicted molar refractivity (Wildman–Crippen MR) is 119 cm³/mol. The van der Waals surface area contributed by atoms with Crippen molar-refractivity contribution in [1.82, 2.24) is 20.2 Å². The van der Waals surface area contributed by atoms with Crippen LogP contribution >= 0.6 is 0 Å². The fourth-order valence-electron chi connectivity index (χ4n) is 4.52. The summed E-state index contributed by atoms with van der Waals surface area (Å²) in [5.41, 5.74) is 3.30. The maximum absolute atomic E-state index is 13.0. The molecule has 2 aromatic rings. The number of aryl methyl sites for hydroxylation is 2. The minimum absolute atomic E-state index is 0.120. The van der Waals surface area contributed by atoms with Gasteiger partial charge in [-0.3, -0.25) is 9.59 Å². The molecule has 1 saturated heterocycles. The fourth-order valence-corrected chi connectivity index (χ4v) is 4.52. The molecule has 0 unspecified atom stereocenters. The highest BCUT2D eigenvalue weighted by Crippen LogP contribution is 2.40. The number of carbonyl (C=O) groups excluding carboxylic acids is 2. The molecule has 7 heteroatoms. The lowest BCUT2D eigenvalue weighted by Crippen LogP contribution is -2.40. The molecule has 6 nitrogen and oxygen atoms in total. The van der Waals surface area contributed by atoms with Gasteiger partial charge < -0.3 is 10.2 Å². The molecule has 3 atom stereocenters. The zero-order valence-electron chi connectivity index (χ0n) is 19.0. The van der Waals surface area contributed by atoms with Crippen LogP contribution in [0.25, 0.3) is 0 Å². The van der Waals surface area contributed by atoms with Gasteiger partial charge in [-0.25, -0.2) is 14.4 Å². The van der Waals surface area contributed by atoms with Gasteiger partial charge in [0.25, 0.3) is 0 Å². The maximum atomic E-state index is 13.0. The summed E-state index contributed by atoms with van der Waals surface area (Å²) in [4.78, 5) is 36.6. The quantitative estimate of drug-likeness (QED) is 0.750. The van der Waals surface area contributed by atoms with E-state index in [0.717, 1.165) is 54.1 Å². The molecule has 1 saturated carbocycles. The van der Waals surface area contributed by atoms with Crippen molar-refractivity contribution in [3.05, 3.63) is 58.4 Å². The van der Waals surface area contributed by atoms with Crippen LogP contribution in [0.3, 0.4) is 0 Å². The zero-order valence-corrected chi connectivity index (χ0v) is 19.0. The minimum atomic E-state index is -0.295. The van der Waals surface area contributed by atoms with Crippen LogP contribution in [0.2, 0.25) is 0 Å². The Kier molecular flexibility index (Phi) is 6.53. The van der Waals surface area contributed by atoms with E-state index in [1.807, 2.05) is 18.7 Å². The summed E-state index contributed by atoms with van der Waals surface area (Å²) in [5, 5.41) is 2.88. The second-order valence-corrected chi connectivity index (χ2v) is 9.25. The number of nitrogens with zero attached hydrogens (tertiary/aromatic N) is 3. The maximum Gasteiger partial charge on any atom is 0.225 e. The summed E-state index contributed by atoms with van der Waals surface area (Å²) in [7, 11) is 0. The summed E-state index contributed by atoms with van der Waals surface area (Å²) >= 11 is 0. The topological polar surface area (TPSA) is 75.2 Å². The number of hydrogen-bond donors (Lipinski definition) is 1. The molecule has 2 fully saturated rings. The molecule has 0 radical (unpaired) electrons. The fraction of sp³-hybridized carbons (Fsp3) is 0.520. The van der Waals surface area contributed by atoms with E-state index in [0.29, 0.717) is 19.0 Å². The molecule has 2 aliphatic rings. The summed E-state index contributed by atoms with van der Waals surface area (Å²) < 4.78 is 13.0. The number of amides is 2. The molecule has 1 N–H and O–H groups in total. The van der Waals surface area contributed by atoms with E-state index in [2.05, 4.69) is 12.2 Å². The molecule has 1 aliphatic carbocycles. The lowest BCUT2D eigenvalue weighted by Gasteiger charge is -2.32. The molecule has 0 bridgehead atoms. The standard InChI is InChI=1S/C25H31FN4O2/c1-15-11-21(15)25(32)30-10-4-5-19(14-30)24-28-16(2)22(17(3)29-24)12-23(31)27-13-18-6-8-20(26)9-7-18/h6-9,15,19,21H,4-5,10-14H2,1-3H3,(H,27,31)/t15-,19-,21-/m1/s1. The van der Waals surface area contributed by atoms with Crippen molar-refractivity contribution in [3.63, 3.8) is 0 Å². The monoisotopic (exact) mass is 438 g/mol. The van der Waals surface area contributed by atoms with Crippen LogP contribution in [0.5, 0.6) is 0 Å². The van der Waals surface area contributed by atoms with E-state index >= 15 is 0 Å². The van der Waals surface area contributed by atoms with Crippen LogP contribution in [0, 0.1) is 31.5 Å². The van der Waals surface area contributed by atoms with Crippen LogP contribution in [-0.4, -0.2) is 39.8 Å².